The zero-order chi connectivity index (χ0) is 14.5. The number of benzene rings is 2. The van der Waals surface area contributed by atoms with Crippen molar-refractivity contribution in [1.29, 1.82) is 0 Å². The van der Waals surface area contributed by atoms with Crippen molar-refractivity contribution in [2.45, 2.75) is 39.7 Å². The normalized spacial score (nSPS) is 10.8. The highest BCUT2D eigenvalue weighted by Gasteiger charge is 2.03. The van der Waals surface area contributed by atoms with E-state index in [0.29, 0.717) is 18.2 Å². The highest BCUT2D eigenvalue weighted by Crippen LogP contribution is 2.24. The molecule has 0 heterocycles. The van der Waals surface area contributed by atoms with Gasteiger partial charge in [0, 0.05) is 0 Å². The van der Waals surface area contributed by atoms with Crippen molar-refractivity contribution in [1.82, 2.24) is 0 Å². The lowest BCUT2D eigenvalue weighted by molar-refractivity contribution is 0.308. The van der Waals surface area contributed by atoms with Gasteiger partial charge in [0.1, 0.15) is 12.4 Å². The number of ether oxygens (including phenoxy) is 1. The smallest absolute Gasteiger partial charge is 0.142 e. The lowest BCUT2D eigenvalue weighted by Crippen LogP contribution is -2.00. The molecular weight excluding hydrogens is 246 g/mol. The molecule has 2 aromatic rings. The van der Waals surface area contributed by atoms with Crippen LogP contribution in [-0.4, -0.2) is 0 Å². The maximum absolute atomic E-state index is 6.00. The zero-order valence-corrected chi connectivity index (χ0v) is 12.5. The summed E-state index contributed by atoms with van der Waals surface area (Å²) in [5.41, 5.74) is 10.5. The molecule has 2 heteroatoms. The molecule has 0 radical (unpaired) electrons. The Morgan fingerprint density at radius 2 is 1.65 bits per heavy atom. The third-order valence-corrected chi connectivity index (χ3v) is 3.52. The second-order valence-electron chi connectivity index (χ2n) is 5.41. The Morgan fingerprint density at radius 3 is 2.20 bits per heavy atom. The van der Waals surface area contributed by atoms with Crippen molar-refractivity contribution in [3.8, 4) is 5.75 Å². The fraction of sp³-hybridized carbons (Fsp3) is 0.333. The maximum Gasteiger partial charge on any atom is 0.142 e. The van der Waals surface area contributed by atoms with Gasteiger partial charge in [-0.2, -0.15) is 0 Å². The number of nitrogens with two attached hydrogens (primary N) is 1. The largest absolute Gasteiger partial charge is 0.487 e. The van der Waals surface area contributed by atoms with Crippen LogP contribution in [0.1, 0.15) is 43.4 Å². The first kappa shape index (κ1) is 14.4. The summed E-state index contributed by atoms with van der Waals surface area (Å²) in [5.74, 6) is 1.32. The first-order valence-electron chi connectivity index (χ1n) is 7.20. The van der Waals surface area contributed by atoms with Crippen LogP contribution in [0.15, 0.2) is 42.5 Å². The molecule has 0 aliphatic heterocycles. The van der Waals surface area contributed by atoms with E-state index >= 15 is 0 Å². The second kappa shape index (κ2) is 6.47. The van der Waals surface area contributed by atoms with Gasteiger partial charge in [0.25, 0.3) is 0 Å². The Kier molecular flexibility index (Phi) is 4.67. The van der Waals surface area contributed by atoms with E-state index in [9.17, 15) is 0 Å². The third kappa shape index (κ3) is 3.53. The molecule has 2 aromatic carbocycles. The van der Waals surface area contributed by atoms with Crippen LogP contribution in [0.4, 0.5) is 5.69 Å². The molecule has 0 aliphatic carbocycles. The van der Waals surface area contributed by atoms with E-state index in [1.807, 2.05) is 12.1 Å². The molecule has 0 saturated heterocycles. The Hall–Kier alpha value is -1.96. The highest BCUT2D eigenvalue weighted by molar-refractivity contribution is 5.54. The van der Waals surface area contributed by atoms with Crippen LogP contribution < -0.4 is 10.5 Å². The Balaban J connectivity index is 2.01. The molecule has 0 aromatic heterocycles. The standard InChI is InChI=1S/C18H23NO/c1-4-14-7-10-18(17(19)11-14)20-12-15-5-8-16(9-6-15)13(2)3/h5-11,13H,4,12,19H2,1-3H3. The van der Waals surface area contributed by atoms with Gasteiger partial charge >= 0.3 is 0 Å². The van der Waals surface area contributed by atoms with Crippen LogP contribution in [0.5, 0.6) is 5.75 Å². The average molecular weight is 269 g/mol. The maximum atomic E-state index is 6.00. The molecule has 0 atom stereocenters. The molecule has 0 bridgehead atoms. The molecule has 2 rings (SSSR count). The van der Waals surface area contributed by atoms with Crippen LogP contribution in [0.25, 0.3) is 0 Å². The average Bonchev–Trinajstić information content (AvgIpc) is 2.46. The Labute approximate surface area is 121 Å². The monoisotopic (exact) mass is 269 g/mol. The van der Waals surface area contributed by atoms with Crippen molar-refractivity contribution < 1.29 is 4.74 Å². The van der Waals surface area contributed by atoms with Crippen molar-refractivity contribution in [2.24, 2.45) is 0 Å². The Bertz CT molecular complexity index is 558. The second-order valence-corrected chi connectivity index (χ2v) is 5.41. The minimum Gasteiger partial charge on any atom is -0.487 e. The molecule has 20 heavy (non-hydrogen) atoms. The van der Waals surface area contributed by atoms with Gasteiger partial charge in [-0.05, 0) is 41.2 Å². The number of anilines is 1. The van der Waals surface area contributed by atoms with Gasteiger partial charge in [0.15, 0.2) is 0 Å². The van der Waals surface area contributed by atoms with Crippen molar-refractivity contribution in [3.05, 3.63) is 59.2 Å². The summed E-state index contributed by atoms with van der Waals surface area (Å²) in [6.45, 7) is 7.06. The summed E-state index contributed by atoms with van der Waals surface area (Å²) < 4.78 is 5.80. The third-order valence-electron chi connectivity index (χ3n) is 3.52. The summed E-state index contributed by atoms with van der Waals surface area (Å²) >= 11 is 0. The van der Waals surface area contributed by atoms with E-state index in [0.717, 1.165) is 17.7 Å². The van der Waals surface area contributed by atoms with Gasteiger partial charge in [-0.25, -0.2) is 0 Å². The fourth-order valence-corrected chi connectivity index (χ4v) is 2.11. The van der Waals surface area contributed by atoms with Gasteiger partial charge in [0.2, 0.25) is 0 Å². The minimum absolute atomic E-state index is 0.550. The summed E-state index contributed by atoms with van der Waals surface area (Å²) in [6, 6.07) is 14.6. The van der Waals surface area contributed by atoms with Crippen LogP contribution in [-0.2, 0) is 13.0 Å². The van der Waals surface area contributed by atoms with E-state index in [4.69, 9.17) is 10.5 Å². The topological polar surface area (TPSA) is 35.2 Å². The SMILES string of the molecule is CCc1ccc(OCc2ccc(C(C)C)cc2)c(N)c1. The number of nitrogen functional groups attached to an aromatic ring is 1. The molecule has 2 N–H and O–H groups in total. The first-order valence-corrected chi connectivity index (χ1v) is 7.20. The molecule has 0 amide bonds. The molecule has 0 spiro atoms. The predicted molar refractivity (Wildman–Crippen MR) is 85.1 cm³/mol. The Morgan fingerprint density at radius 1 is 1.00 bits per heavy atom. The minimum atomic E-state index is 0.550. The van der Waals surface area contributed by atoms with Crippen molar-refractivity contribution in [3.63, 3.8) is 0 Å². The van der Waals surface area contributed by atoms with Gasteiger partial charge in [0.05, 0.1) is 5.69 Å². The van der Waals surface area contributed by atoms with E-state index < -0.39 is 0 Å². The lowest BCUT2D eigenvalue weighted by Gasteiger charge is -2.11. The predicted octanol–water partition coefficient (Wildman–Crippen LogP) is 4.53. The lowest BCUT2D eigenvalue weighted by atomic mass is 10.0. The molecule has 0 saturated carbocycles. The molecule has 2 nitrogen and oxygen atoms in total. The van der Waals surface area contributed by atoms with Crippen LogP contribution in [0.3, 0.4) is 0 Å². The quantitative estimate of drug-likeness (QED) is 0.809. The fourth-order valence-electron chi connectivity index (χ4n) is 2.11. The summed E-state index contributed by atoms with van der Waals surface area (Å²) in [4.78, 5) is 0. The van der Waals surface area contributed by atoms with Crippen LogP contribution in [0.2, 0.25) is 0 Å². The van der Waals surface area contributed by atoms with Gasteiger partial charge in [-0.3, -0.25) is 0 Å². The summed E-state index contributed by atoms with van der Waals surface area (Å²) in [5, 5.41) is 0. The molecule has 0 unspecified atom stereocenters. The molecule has 106 valence electrons. The van der Waals surface area contributed by atoms with E-state index in [-0.39, 0.29) is 0 Å². The first-order chi connectivity index (χ1) is 9.60. The molecule has 0 aliphatic rings. The molecule has 0 fully saturated rings. The zero-order valence-electron chi connectivity index (χ0n) is 12.5. The van der Waals surface area contributed by atoms with Crippen molar-refractivity contribution in [2.75, 3.05) is 5.73 Å². The summed E-state index contributed by atoms with van der Waals surface area (Å²) in [6.07, 6.45) is 0.987. The van der Waals surface area contributed by atoms with Gasteiger partial charge < -0.3 is 10.5 Å². The van der Waals surface area contributed by atoms with Crippen LogP contribution in [0, 0.1) is 0 Å². The van der Waals surface area contributed by atoms with Gasteiger partial charge in [-0.1, -0.05) is 51.1 Å². The van der Waals surface area contributed by atoms with E-state index in [1.165, 1.54) is 11.1 Å². The number of hydrogen-bond acceptors (Lipinski definition) is 2. The number of rotatable bonds is 5. The number of hydrogen-bond donors (Lipinski definition) is 1. The van der Waals surface area contributed by atoms with Gasteiger partial charge in [-0.15, -0.1) is 0 Å². The summed E-state index contributed by atoms with van der Waals surface area (Å²) in [7, 11) is 0. The van der Waals surface area contributed by atoms with E-state index in [1.54, 1.807) is 0 Å². The van der Waals surface area contributed by atoms with E-state index in [2.05, 4.69) is 51.1 Å². The van der Waals surface area contributed by atoms with Crippen LogP contribution >= 0.6 is 0 Å². The number of aryl methyl sites for hydroxylation is 1. The highest BCUT2D eigenvalue weighted by atomic mass is 16.5. The molecular formula is C18H23NO. The van der Waals surface area contributed by atoms with Crippen molar-refractivity contribution >= 4 is 5.69 Å².